The quantitative estimate of drug-likeness (QED) is 0.445. The van der Waals surface area contributed by atoms with Gasteiger partial charge in [-0.15, -0.1) is 10.2 Å². The van der Waals surface area contributed by atoms with Crippen LogP contribution in [0.5, 0.6) is 0 Å². The van der Waals surface area contributed by atoms with E-state index in [2.05, 4.69) is 24.0 Å². The first kappa shape index (κ1) is 31.9. The summed E-state index contributed by atoms with van der Waals surface area (Å²) in [5, 5.41) is 30.1. The van der Waals surface area contributed by atoms with Crippen molar-refractivity contribution >= 4 is 34.9 Å². The van der Waals surface area contributed by atoms with E-state index in [-0.39, 0.29) is 55.8 Å². The van der Waals surface area contributed by atoms with Crippen molar-refractivity contribution in [3.63, 3.8) is 0 Å². The molecule has 2 amide bonds. The molecule has 0 bridgehead atoms. The van der Waals surface area contributed by atoms with Gasteiger partial charge < -0.3 is 34.2 Å². The van der Waals surface area contributed by atoms with E-state index in [0.717, 1.165) is 9.35 Å². The number of carbonyl (C=O) groups is 2. The second-order valence-electron chi connectivity index (χ2n) is 9.59. The molecule has 212 valence electrons. The smallest absolute Gasteiger partial charge is 0.248 e. The van der Waals surface area contributed by atoms with Crippen molar-refractivity contribution in [3.05, 3.63) is 5.01 Å². The van der Waals surface area contributed by atoms with Crippen LogP contribution >= 0.6 is 23.1 Å². The number of thioether (sulfide) groups is 1. The van der Waals surface area contributed by atoms with Crippen molar-refractivity contribution in [2.24, 2.45) is 5.92 Å². The molecule has 0 spiro atoms. The average Bonchev–Trinajstić information content (AvgIpc) is 3.27. The average molecular weight is 563 g/mol. The van der Waals surface area contributed by atoms with Gasteiger partial charge in [0.1, 0.15) is 29.9 Å². The van der Waals surface area contributed by atoms with Gasteiger partial charge in [0.25, 0.3) is 0 Å². The van der Waals surface area contributed by atoms with Gasteiger partial charge in [-0.1, -0.05) is 36.9 Å². The molecule has 1 saturated heterocycles. The van der Waals surface area contributed by atoms with Crippen molar-refractivity contribution < 1.29 is 34.0 Å². The van der Waals surface area contributed by atoms with E-state index in [1.165, 1.54) is 37.3 Å². The minimum Gasteiger partial charge on any atom is -0.388 e. The fraction of sp³-hybridized carbons (Fsp3) is 0.833. The molecular formula is C24H42N4O7S2. The van der Waals surface area contributed by atoms with Gasteiger partial charge in [0.05, 0.1) is 12.4 Å². The molecular weight excluding hydrogens is 520 g/mol. The van der Waals surface area contributed by atoms with Crippen molar-refractivity contribution in [3.8, 4) is 0 Å². The number of aliphatic hydroxyl groups excluding tert-OH is 2. The predicted octanol–water partition coefficient (Wildman–Crippen LogP) is 1.20. The highest BCUT2D eigenvalue weighted by atomic mass is 32.2. The van der Waals surface area contributed by atoms with Crippen LogP contribution in [0.15, 0.2) is 4.34 Å². The van der Waals surface area contributed by atoms with E-state index in [4.69, 9.17) is 14.2 Å². The van der Waals surface area contributed by atoms with Crippen LogP contribution in [-0.2, 0) is 23.8 Å². The van der Waals surface area contributed by atoms with Gasteiger partial charge in [-0.3, -0.25) is 9.59 Å². The normalized spacial score (nSPS) is 24.8. The molecule has 1 aliphatic heterocycles. The fourth-order valence-corrected chi connectivity index (χ4v) is 5.92. The minimum absolute atomic E-state index is 0.0330. The predicted molar refractivity (Wildman–Crippen MR) is 142 cm³/mol. The summed E-state index contributed by atoms with van der Waals surface area (Å²) in [5.41, 5.74) is 0. The third-order valence-corrected chi connectivity index (χ3v) is 8.04. The molecule has 1 fully saturated rings. The SMILES string of the molecule is COCC(=O)N1C[C@H](CC(C)C)N(C(=O)CSc2nnc(C)s2)CCCCOC[C@@H](O)[C@@H](O)[C@H](OC)C1. The van der Waals surface area contributed by atoms with Gasteiger partial charge in [-0.25, -0.2) is 0 Å². The number of hydrogen-bond donors (Lipinski definition) is 2. The Bertz CT molecular complexity index is 829. The molecule has 2 heterocycles. The summed E-state index contributed by atoms with van der Waals surface area (Å²) in [6.07, 6.45) is -1.18. The summed E-state index contributed by atoms with van der Waals surface area (Å²) in [5.74, 6) is 0.173. The Morgan fingerprint density at radius 1 is 1.19 bits per heavy atom. The Labute approximate surface area is 227 Å². The summed E-state index contributed by atoms with van der Waals surface area (Å²) in [6, 6.07) is -0.256. The lowest BCUT2D eigenvalue weighted by Gasteiger charge is -2.38. The Morgan fingerprint density at radius 2 is 1.95 bits per heavy atom. The standard InChI is InChI=1S/C24H42N4O7S2/c1-16(2)10-18-11-27(21(30)14-33-4)12-20(34-5)23(32)19(29)13-35-9-7-6-8-28(18)22(31)15-36-24-26-25-17(3)37-24/h16,18-20,23,29,32H,6-15H2,1-5H3/t18-,19+,20+,23+/m0/s1. The van der Waals surface area contributed by atoms with Gasteiger partial charge in [-0.2, -0.15) is 0 Å². The van der Waals surface area contributed by atoms with E-state index < -0.39 is 18.3 Å². The largest absolute Gasteiger partial charge is 0.388 e. The summed E-state index contributed by atoms with van der Waals surface area (Å²) < 4.78 is 16.9. The Morgan fingerprint density at radius 3 is 2.57 bits per heavy atom. The first-order chi connectivity index (χ1) is 17.7. The molecule has 0 aliphatic carbocycles. The molecule has 0 aromatic carbocycles. The number of aliphatic hydroxyl groups is 2. The third-order valence-electron chi connectivity index (χ3n) is 6.09. The number of amides is 2. The molecule has 11 nitrogen and oxygen atoms in total. The summed E-state index contributed by atoms with van der Waals surface area (Å²) in [6.45, 7) is 7.05. The van der Waals surface area contributed by atoms with E-state index in [1.807, 2.05) is 11.8 Å². The van der Waals surface area contributed by atoms with Gasteiger partial charge in [-0.05, 0) is 32.1 Å². The van der Waals surface area contributed by atoms with Gasteiger partial charge in [0, 0.05) is 46.5 Å². The van der Waals surface area contributed by atoms with Crippen LogP contribution in [0.1, 0.15) is 38.1 Å². The fourth-order valence-electron chi connectivity index (χ4n) is 4.22. The van der Waals surface area contributed by atoms with Crippen LogP contribution in [0.4, 0.5) is 0 Å². The number of rotatable bonds is 8. The Kier molecular flexibility index (Phi) is 14.3. The number of ether oxygens (including phenoxy) is 3. The topological polar surface area (TPSA) is 135 Å². The highest BCUT2D eigenvalue weighted by Gasteiger charge is 2.33. The molecule has 1 aromatic rings. The lowest BCUT2D eigenvalue weighted by Crippen LogP contribution is -2.54. The monoisotopic (exact) mass is 562 g/mol. The van der Waals surface area contributed by atoms with Crippen LogP contribution in [-0.4, -0.2) is 126 Å². The molecule has 37 heavy (non-hydrogen) atoms. The lowest BCUT2D eigenvalue weighted by atomic mass is 10.00. The van der Waals surface area contributed by atoms with Crippen LogP contribution in [0, 0.1) is 12.8 Å². The molecule has 1 aromatic heterocycles. The van der Waals surface area contributed by atoms with Crippen LogP contribution in [0.25, 0.3) is 0 Å². The highest BCUT2D eigenvalue weighted by Crippen LogP contribution is 2.24. The van der Waals surface area contributed by atoms with Gasteiger partial charge in [0.15, 0.2) is 4.34 Å². The number of methoxy groups -OCH3 is 2. The second kappa shape index (κ2) is 16.6. The minimum atomic E-state index is -1.25. The Hall–Kier alpha value is -1.35. The molecule has 0 unspecified atom stereocenters. The molecule has 2 N–H and O–H groups in total. The highest BCUT2D eigenvalue weighted by molar-refractivity contribution is 8.01. The van der Waals surface area contributed by atoms with Crippen LogP contribution in [0.3, 0.4) is 0 Å². The number of nitrogens with zero attached hydrogens (tertiary/aromatic N) is 4. The first-order valence-corrected chi connectivity index (χ1v) is 14.4. The summed E-state index contributed by atoms with van der Waals surface area (Å²) in [7, 11) is 2.87. The molecule has 0 saturated carbocycles. The molecule has 2 rings (SSSR count). The molecule has 4 atom stereocenters. The molecule has 13 heteroatoms. The van der Waals surface area contributed by atoms with E-state index >= 15 is 0 Å². The zero-order valence-electron chi connectivity index (χ0n) is 22.5. The van der Waals surface area contributed by atoms with E-state index in [0.29, 0.717) is 32.4 Å². The third kappa shape index (κ3) is 10.7. The van der Waals surface area contributed by atoms with E-state index in [9.17, 15) is 19.8 Å². The molecule has 0 radical (unpaired) electrons. The van der Waals surface area contributed by atoms with Crippen LogP contribution in [0.2, 0.25) is 0 Å². The maximum absolute atomic E-state index is 13.5. The Balaban J connectivity index is 2.33. The maximum atomic E-state index is 13.5. The zero-order valence-corrected chi connectivity index (χ0v) is 24.1. The lowest BCUT2D eigenvalue weighted by molar-refractivity contribution is -0.145. The number of aryl methyl sites for hydroxylation is 1. The first-order valence-electron chi connectivity index (χ1n) is 12.6. The zero-order chi connectivity index (χ0) is 27.4. The van der Waals surface area contributed by atoms with Crippen molar-refractivity contribution in [1.82, 2.24) is 20.0 Å². The number of hydrogen-bond acceptors (Lipinski definition) is 11. The van der Waals surface area contributed by atoms with Crippen molar-refractivity contribution in [2.45, 2.75) is 68.7 Å². The van der Waals surface area contributed by atoms with Crippen molar-refractivity contribution in [2.75, 3.05) is 59.4 Å². The maximum Gasteiger partial charge on any atom is 0.248 e. The van der Waals surface area contributed by atoms with Crippen LogP contribution < -0.4 is 0 Å². The molecule has 1 aliphatic rings. The van der Waals surface area contributed by atoms with Gasteiger partial charge in [0.2, 0.25) is 11.8 Å². The van der Waals surface area contributed by atoms with E-state index in [1.54, 1.807) is 4.90 Å². The van der Waals surface area contributed by atoms with Gasteiger partial charge >= 0.3 is 0 Å². The summed E-state index contributed by atoms with van der Waals surface area (Å²) >= 11 is 2.82. The number of aromatic nitrogens is 2. The van der Waals surface area contributed by atoms with Crippen molar-refractivity contribution in [1.29, 1.82) is 0 Å². The summed E-state index contributed by atoms with van der Waals surface area (Å²) in [4.78, 5) is 30.0. The number of carbonyl (C=O) groups excluding carboxylic acids is 2. The second-order valence-corrected chi connectivity index (χ2v) is 12.0.